The molecule has 1 aromatic carbocycles. The minimum Gasteiger partial charge on any atom is -0.449 e. The fourth-order valence-corrected chi connectivity index (χ4v) is 1.08. The molecule has 4 heteroatoms. The first kappa shape index (κ1) is 9.25. The highest BCUT2D eigenvalue weighted by Crippen LogP contribution is 2.02. The molecule has 12 heavy (non-hydrogen) atoms. The average Bonchev–Trinajstić information content (AvgIpc) is 2.16. The lowest BCUT2D eigenvalue weighted by Gasteiger charge is -2.05. The third kappa shape index (κ3) is 1.85. The van der Waals surface area contributed by atoms with Gasteiger partial charge in [-0.3, -0.25) is 0 Å². The van der Waals surface area contributed by atoms with E-state index in [2.05, 4.69) is 0 Å². The molecule has 0 saturated carbocycles. The largest absolute Gasteiger partial charge is 0.449 e. The molecule has 0 aliphatic heterocycles. The van der Waals surface area contributed by atoms with E-state index in [0.29, 0.717) is 11.0 Å². The smallest absolute Gasteiger partial charge is 0.305 e. The van der Waals surface area contributed by atoms with Gasteiger partial charge in [-0.15, -0.1) is 0 Å². The molecule has 0 spiro atoms. The van der Waals surface area contributed by atoms with Crippen molar-refractivity contribution in [3.05, 3.63) is 29.3 Å². The van der Waals surface area contributed by atoms with Gasteiger partial charge in [-0.2, -0.15) is 0 Å². The van der Waals surface area contributed by atoms with Gasteiger partial charge < -0.3 is 15.2 Å². The molecule has 0 bridgehead atoms. The number of rotatable bonds is 3. The molecule has 0 aromatic heterocycles. The van der Waals surface area contributed by atoms with Gasteiger partial charge in [0.2, 0.25) is 0 Å². The second-order valence-electron chi connectivity index (χ2n) is 2.58. The molecule has 0 heterocycles. The van der Waals surface area contributed by atoms with Crippen LogP contribution >= 0.6 is 0 Å². The highest BCUT2D eigenvalue weighted by atomic mass is 16.3. The van der Waals surface area contributed by atoms with Crippen molar-refractivity contribution in [1.29, 1.82) is 0 Å². The summed E-state index contributed by atoms with van der Waals surface area (Å²) in [6.07, 6.45) is 0. The Labute approximate surface area is 71.6 Å². The summed E-state index contributed by atoms with van der Waals surface area (Å²) in [5, 5.41) is 26.5. The van der Waals surface area contributed by atoms with E-state index in [1.807, 2.05) is 0 Å². The topological polar surface area (TPSA) is 60.7 Å². The lowest BCUT2D eigenvalue weighted by Crippen LogP contribution is -2.19. The predicted molar refractivity (Wildman–Crippen MR) is 47.3 cm³/mol. The molecule has 0 atom stereocenters. The summed E-state index contributed by atoms with van der Waals surface area (Å²) in [5.41, 5.74) is 2.12. The molecule has 0 saturated heterocycles. The molecular weight excluding hydrogens is 155 g/mol. The van der Waals surface area contributed by atoms with Crippen molar-refractivity contribution in [3.8, 4) is 0 Å². The van der Waals surface area contributed by atoms with Crippen LogP contribution < -0.4 is 5.46 Å². The number of aliphatic hydroxyl groups excluding tert-OH is 2. The van der Waals surface area contributed by atoms with Crippen LogP contribution in [0.25, 0.3) is 0 Å². The van der Waals surface area contributed by atoms with E-state index in [9.17, 15) is 0 Å². The van der Waals surface area contributed by atoms with Gasteiger partial charge in [0, 0.05) is 0 Å². The quantitative estimate of drug-likeness (QED) is 0.486. The van der Waals surface area contributed by atoms with Gasteiger partial charge in [-0.25, -0.2) is 0 Å². The van der Waals surface area contributed by atoms with Crippen molar-refractivity contribution in [2.75, 3.05) is 0 Å². The van der Waals surface area contributed by atoms with Gasteiger partial charge in [0.15, 0.2) is 0 Å². The lowest BCUT2D eigenvalue weighted by molar-refractivity contribution is 0.276. The Morgan fingerprint density at radius 3 is 2.42 bits per heavy atom. The summed E-state index contributed by atoms with van der Waals surface area (Å²) in [6.45, 7) is -0.150. The van der Waals surface area contributed by atoms with Crippen LogP contribution in [-0.4, -0.2) is 22.7 Å². The molecule has 0 fully saturated rings. The van der Waals surface area contributed by atoms with Gasteiger partial charge in [0.05, 0.1) is 13.2 Å². The third-order valence-corrected chi connectivity index (χ3v) is 1.79. The van der Waals surface area contributed by atoms with E-state index in [1.165, 1.54) is 0 Å². The summed E-state index contributed by atoms with van der Waals surface area (Å²) in [7, 11) is -0.0817. The van der Waals surface area contributed by atoms with Crippen LogP contribution in [0, 0.1) is 0 Å². The van der Waals surface area contributed by atoms with Crippen LogP contribution in [0.5, 0.6) is 0 Å². The second-order valence-corrected chi connectivity index (χ2v) is 2.58. The van der Waals surface area contributed by atoms with Gasteiger partial charge in [-0.1, -0.05) is 18.2 Å². The number of benzene rings is 1. The zero-order chi connectivity index (χ0) is 8.97. The Kier molecular flexibility index (Phi) is 3.28. The van der Waals surface area contributed by atoms with Crippen LogP contribution in [0.4, 0.5) is 0 Å². The minimum absolute atomic E-state index is 0.0429. The van der Waals surface area contributed by atoms with E-state index in [4.69, 9.17) is 15.2 Å². The van der Waals surface area contributed by atoms with E-state index in [1.54, 1.807) is 18.2 Å². The van der Waals surface area contributed by atoms with E-state index in [0.717, 1.165) is 5.56 Å². The van der Waals surface area contributed by atoms with Crippen molar-refractivity contribution < 1.29 is 15.2 Å². The second kappa shape index (κ2) is 4.26. The molecular formula is C8H11BO3. The van der Waals surface area contributed by atoms with Gasteiger partial charge in [0.25, 0.3) is 0 Å². The molecule has 0 radical (unpaired) electrons. The van der Waals surface area contributed by atoms with Crippen molar-refractivity contribution in [3.63, 3.8) is 0 Å². The normalized spacial score (nSPS) is 9.92. The molecule has 1 rings (SSSR count). The monoisotopic (exact) mass is 166 g/mol. The molecule has 3 nitrogen and oxygen atoms in total. The summed E-state index contributed by atoms with van der Waals surface area (Å²) in [5.74, 6) is 0. The highest BCUT2D eigenvalue weighted by molar-refractivity contribution is 6.46. The van der Waals surface area contributed by atoms with Crippen molar-refractivity contribution in [2.45, 2.75) is 13.2 Å². The maximum absolute atomic E-state index is 8.88. The maximum atomic E-state index is 8.88. The zero-order valence-corrected chi connectivity index (χ0v) is 6.70. The molecule has 64 valence electrons. The molecule has 0 aliphatic carbocycles. The Bertz CT molecular complexity index is 262. The average molecular weight is 166 g/mol. The first-order valence-electron chi connectivity index (χ1n) is 3.75. The zero-order valence-electron chi connectivity index (χ0n) is 6.70. The molecule has 0 unspecified atom stereocenters. The van der Waals surface area contributed by atoms with Gasteiger partial charge in [-0.05, 0) is 16.6 Å². The van der Waals surface area contributed by atoms with Crippen LogP contribution in [-0.2, 0) is 13.2 Å². The SMILES string of the molecule is OBc1ccc(CO)cc1CO. The number of hydrogen-bond donors (Lipinski definition) is 3. The van der Waals surface area contributed by atoms with Crippen LogP contribution in [0.15, 0.2) is 18.2 Å². The molecule has 0 amide bonds. The molecule has 1 aromatic rings. The standard InChI is InChI=1S/C8H11BO3/c10-4-6-1-2-8(9-12)7(3-6)5-11/h1-3,9-12H,4-5H2. The van der Waals surface area contributed by atoms with Crippen molar-refractivity contribution in [1.82, 2.24) is 0 Å². The number of hydrogen-bond acceptors (Lipinski definition) is 3. The van der Waals surface area contributed by atoms with E-state index < -0.39 is 0 Å². The molecule has 0 aliphatic rings. The van der Waals surface area contributed by atoms with Crippen molar-refractivity contribution in [2.24, 2.45) is 0 Å². The molecule has 3 N–H and O–H groups in total. The first-order valence-corrected chi connectivity index (χ1v) is 3.75. The predicted octanol–water partition coefficient (Wildman–Crippen LogP) is -1.36. The summed E-state index contributed by atoms with van der Waals surface area (Å²) in [4.78, 5) is 0. The summed E-state index contributed by atoms with van der Waals surface area (Å²) < 4.78 is 0. The summed E-state index contributed by atoms with van der Waals surface area (Å²) in [6, 6.07) is 5.12. The maximum Gasteiger partial charge on any atom is 0.305 e. The fraction of sp³-hybridized carbons (Fsp3) is 0.250. The highest BCUT2D eigenvalue weighted by Gasteiger charge is 2.02. The Balaban J connectivity index is 3.02. The van der Waals surface area contributed by atoms with Gasteiger partial charge >= 0.3 is 7.48 Å². The van der Waals surface area contributed by atoms with E-state index >= 15 is 0 Å². The first-order chi connectivity index (χ1) is 5.81. The van der Waals surface area contributed by atoms with Crippen LogP contribution in [0.1, 0.15) is 11.1 Å². The Morgan fingerprint density at radius 2 is 1.92 bits per heavy atom. The van der Waals surface area contributed by atoms with Gasteiger partial charge in [0.1, 0.15) is 0 Å². The third-order valence-electron chi connectivity index (χ3n) is 1.79. The minimum atomic E-state index is -0.107. The van der Waals surface area contributed by atoms with Crippen molar-refractivity contribution >= 4 is 12.9 Å². The van der Waals surface area contributed by atoms with Crippen LogP contribution in [0.2, 0.25) is 0 Å². The Morgan fingerprint density at radius 1 is 1.17 bits per heavy atom. The fourth-order valence-electron chi connectivity index (χ4n) is 1.08. The summed E-state index contributed by atoms with van der Waals surface area (Å²) >= 11 is 0. The number of aliphatic hydroxyl groups is 2. The van der Waals surface area contributed by atoms with E-state index in [-0.39, 0.29) is 20.7 Å². The lowest BCUT2D eigenvalue weighted by atomic mass is 9.84. The Hall–Kier alpha value is -0.835. The van der Waals surface area contributed by atoms with Crippen LogP contribution in [0.3, 0.4) is 0 Å².